The van der Waals surface area contributed by atoms with E-state index in [9.17, 15) is 8.42 Å². The summed E-state index contributed by atoms with van der Waals surface area (Å²) in [4.78, 5) is 0.291. The van der Waals surface area contributed by atoms with Crippen LogP contribution in [0.4, 0.5) is 0 Å². The first kappa shape index (κ1) is 19.5. The van der Waals surface area contributed by atoms with Gasteiger partial charge in [-0.1, -0.05) is 12.1 Å². The third kappa shape index (κ3) is 3.88. The molecule has 0 bridgehead atoms. The van der Waals surface area contributed by atoms with Gasteiger partial charge in [0.1, 0.15) is 5.75 Å². The lowest BCUT2D eigenvalue weighted by Crippen LogP contribution is -2.28. The summed E-state index contributed by atoms with van der Waals surface area (Å²) in [6, 6.07) is 7.14. The second kappa shape index (κ2) is 7.18. The van der Waals surface area contributed by atoms with Crippen molar-refractivity contribution in [3.63, 3.8) is 0 Å². The molecule has 4 nitrogen and oxygen atoms in total. The zero-order chi connectivity index (χ0) is 18.9. The van der Waals surface area contributed by atoms with Crippen molar-refractivity contribution in [2.75, 3.05) is 7.11 Å². The van der Waals surface area contributed by atoms with Gasteiger partial charge in [0.15, 0.2) is 0 Å². The molecule has 0 saturated heterocycles. The third-order valence-electron chi connectivity index (χ3n) is 4.88. The number of hydrogen-bond donors (Lipinski definition) is 1. The van der Waals surface area contributed by atoms with Crippen molar-refractivity contribution >= 4 is 10.0 Å². The van der Waals surface area contributed by atoms with Crippen LogP contribution in [0.1, 0.15) is 46.3 Å². The van der Waals surface area contributed by atoms with Crippen LogP contribution in [0.3, 0.4) is 0 Å². The first-order chi connectivity index (χ1) is 11.6. The number of nitrogens with one attached hydrogen (secondary N) is 1. The summed E-state index contributed by atoms with van der Waals surface area (Å²) in [6.45, 7) is 11.7. The second-order valence-corrected chi connectivity index (χ2v) is 8.33. The Morgan fingerprint density at radius 2 is 1.52 bits per heavy atom. The minimum Gasteiger partial charge on any atom is -0.496 e. The Hall–Kier alpha value is -1.85. The molecule has 5 heteroatoms. The number of benzene rings is 2. The lowest BCUT2D eigenvalue weighted by Gasteiger charge is -2.20. The topological polar surface area (TPSA) is 55.4 Å². The molecule has 0 fully saturated rings. The molecule has 0 radical (unpaired) electrons. The van der Waals surface area contributed by atoms with Crippen molar-refractivity contribution in [1.82, 2.24) is 4.72 Å². The van der Waals surface area contributed by atoms with Gasteiger partial charge in [-0.3, -0.25) is 0 Å². The van der Waals surface area contributed by atoms with E-state index in [0.29, 0.717) is 16.2 Å². The standard InChI is InChI=1S/C20H27NO3S/c1-12-10-14(3)18(11-13(12)2)17(6)21-25(22,23)20-9-8-19(24-7)15(4)16(20)5/h8-11,17,21H,1-7H3/t17-/m1/s1. The van der Waals surface area contributed by atoms with Crippen LogP contribution in [0.2, 0.25) is 0 Å². The molecule has 0 aliphatic carbocycles. The molecule has 0 unspecified atom stereocenters. The average Bonchev–Trinajstić information content (AvgIpc) is 2.52. The molecule has 2 rings (SSSR count). The van der Waals surface area contributed by atoms with Crippen LogP contribution in [-0.2, 0) is 10.0 Å². The highest BCUT2D eigenvalue weighted by Crippen LogP contribution is 2.28. The first-order valence-corrected chi connectivity index (χ1v) is 9.81. The molecular formula is C20H27NO3S. The number of aryl methyl sites for hydroxylation is 3. The molecule has 0 amide bonds. The number of rotatable bonds is 5. The summed E-state index contributed by atoms with van der Waals surface area (Å²) in [5, 5.41) is 0. The first-order valence-electron chi connectivity index (χ1n) is 8.32. The highest BCUT2D eigenvalue weighted by Gasteiger charge is 2.23. The summed E-state index contributed by atoms with van der Waals surface area (Å²) in [6.07, 6.45) is 0. The van der Waals surface area contributed by atoms with E-state index in [1.54, 1.807) is 26.2 Å². The predicted molar refractivity (Wildman–Crippen MR) is 102 cm³/mol. The Balaban J connectivity index is 2.39. The largest absolute Gasteiger partial charge is 0.496 e. The Morgan fingerprint density at radius 1 is 0.920 bits per heavy atom. The quantitative estimate of drug-likeness (QED) is 0.865. The van der Waals surface area contributed by atoms with Gasteiger partial charge in [-0.25, -0.2) is 13.1 Å². The van der Waals surface area contributed by atoms with Gasteiger partial charge in [0.2, 0.25) is 10.0 Å². The molecule has 0 saturated carbocycles. The SMILES string of the molecule is COc1ccc(S(=O)(=O)N[C@H](C)c2cc(C)c(C)cc2C)c(C)c1C. The number of methoxy groups -OCH3 is 1. The Morgan fingerprint density at radius 3 is 2.12 bits per heavy atom. The highest BCUT2D eigenvalue weighted by molar-refractivity contribution is 7.89. The monoisotopic (exact) mass is 361 g/mol. The van der Waals surface area contributed by atoms with E-state index in [1.807, 2.05) is 27.7 Å². The maximum atomic E-state index is 12.9. The van der Waals surface area contributed by atoms with E-state index in [1.165, 1.54) is 5.56 Å². The molecule has 0 aliphatic rings. The van der Waals surface area contributed by atoms with Gasteiger partial charge in [0.05, 0.1) is 12.0 Å². The van der Waals surface area contributed by atoms with Crippen LogP contribution in [0.25, 0.3) is 0 Å². The van der Waals surface area contributed by atoms with E-state index in [2.05, 4.69) is 23.8 Å². The van der Waals surface area contributed by atoms with Crippen molar-refractivity contribution < 1.29 is 13.2 Å². The van der Waals surface area contributed by atoms with Gasteiger partial charge in [0.25, 0.3) is 0 Å². The maximum absolute atomic E-state index is 12.9. The zero-order valence-corrected chi connectivity index (χ0v) is 16.8. The van der Waals surface area contributed by atoms with Gasteiger partial charge in [-0.05, 0) is 87.1 Å². The predicted octanol–water partition coefficient (Wildman–Crippen LogP) is 4.28. The summed E-state index contributed by atoms with van der Waals surface area (Å²) in [5.74, 6) is 0.689. The molecule has 0 aliphatic heterocycles. The molecule has 0 aromatic heterocycles. The van der Waals surface area contributed by atoms with Gasteiger partial charge >= 0.3 is 0 Å². The summed E-state index contributed by atoms with van der Waals surface area (Å²) in [5.41, 5.74) is 5.98. The van der Waals surface area contributed by atoms with Crippen LogP contribution in [-0.4, -0.2) is 15.5 Å². The fraction of sp³-hybridized carbons (Fsp3) is 0.400. The van der Waals surface area contributed by atoms with Crippen molar-refractivity contribution in [2.45, 2.75) is 52.5 Å². The van der Waals surface area contributed by atoms with E-state index in [4.69, 9.17) is 4.74 Å². The van der Waals surface area contributed by atoms with Gasteiger partial charge in [0, 0.05) is 6.04 Å². The molecule has 1 atom stereocenters. The van der Waals surface area contributed by atoms with Gasteiger partial charge < -0.3 is 4.74 Å². The molecule has 0 spiro atoms. The summed E-state index contributed by atoms with van der Waals surface area (Å²) >= 11 is 0. The van der Waals surface area contributed by atoms with E-state index in [0.717, 1.165) is 22.3 Å². The van der Waals surface area contributed by atoms with Crippen molar-refractivity contribution in [3.05, 3.63) is 57.6 Å². The molecule has 136 valence electrons. The van der Waals surface area contributed by atoms with Crippen molar-refractivity contribution in [3.8, 4) is 5.75 Å². The molecule has 2 aromatic rings. The fourth-order valence-electron chi connectivity index (χ4n) is 3.09. The number of ether oxygens (including phenoxy) is 1. The Labute approximate surface area is 151 Å². The van der Waals surface area contributed by atoms with Gasteiger partial charge in [-0.15, -0.1) is 0 Å². The van der Waals surface area contributed by atoms with E-state index >= 15 is 0 Å². The Bertz CT molecular complexity index is 902. The number of hydrogen-bond acceptors (Lipinski definition) is 3. The second-order valence-electron chi connectivity index (χ2n) is 6.65. The van der Waals surface area contributed by atoms with Crippen LogP contribution in [0.15, 0.2) is 29.2 Å². The van der Waals surface area contributed by atoms with Crippen LogP contribution >= 0.6 is 0 Å². The Kier molecular flexibility index (Phi) is 5.59. The smallest absolute Gasteiger partial charge is 0.241 e. The van der Waals surface area contributed by atoms with E-state index in [-0.39, 0.29) is 6.04 Å². The number of sulfonamides is 1. The summed E-state index contributed by atoms with van der Waals surface area (Å²) < 4.78 is 33.9. The van der Waals surface area contributed by atoms with Crippen LogP contribution in [0, 0.1) is 34.6 Å². The highest BCUT2D eigenvalue weighted by atomic mass is 32.2. The third-order valence-corrected chi connectivity index (χ3v) is 6.56. The van der Waals surface area contributed by atoms with Crippen molar-refractivity contribution in [1.29, 1.82) is 0 Å². The molecular weight excluding hydrogens is 334 g/mol. The van der Waals surface area contributed by atoms with Crippen LogP contribution in [0.5, 0.6) is 5.75 Å². The normalized spacial score (nSPS) is 12.9. The summed E-state index contributed by atoms with van der Waals surface area (Å²) in [7, 11) is -2.05. The van der Waals surface area contributed by atoms with E-state index < -0.39 is 10.0 Å². The van der Waals surface area contributed by atoms with Crippen LogP contribution < -0.4 is 9.46 Å². The fourth-order valence-corrected chi connectivity index (χ4v) is 4.62. The lowest BCUT2D eigenvalue weighted by molar-refractivity contribution is 0.410. The maximum Gasteiger partial charge on any atom is 0.241 e. The average molecular weight is 362 g/mol. The molecule has 0 heterocycles. The minimum atomic E-state index is -3.63. The zero-order valence-electron chi connectivity index (χ0n) is 16.0. The van der Waals surface area contributed by atoms with Crippen molar-refractivity contribution in [2.24, 2.45) is 0 Å². The lowest BCUT2D eigenvalue weighted by atomic mass is 9.97. The molecule has 1 N–H and O–H groups in total. The molecule has 25 heavy (non-hydrogen) atoms. The molecule has 2 aromatic carbocycles. The minimum absolute atomic E-state index is 0.291. The van der Waals surface area contributed by atoms with Gasteiger partial charge in [-0.2, -0.15) is 0 Å².